The van der Waals surface area contributed by atoms with Gasteiger partial charge in [-0.15, -0.1) is 0 Å². The van der Waals surface area contributed by atoms with Gasteiger partial charge < -0.3 is 10.0 Å². The molecule has 1 unspecified atom stereocenters. The zero-order chi connectivity index (χ0) is 27.3. The smallest absolute Gasteiger partial charge is 0.316 e. The number of hydrogen-bond acceptors (Lipinski definition) is 2. The number of carbonyl (C=O) groups is 1. The van der Waals surface area contributed by atoms with E-state index in [9.17, 15) is 9.90 Å². The molecule has 0 bridgehead atoms. The molecule has 0 radical (unpaired) electrons. The first-order valence-corrected chi connectivity index (χ1v) is 15.9. The van der Waals surface area contributed by atoms with E-state index in [0.29, 0.717) is 30.2 Å². The van der Waals surface area contributed by atoms with Gasteiger partial charge in [-0.3, -0.25) is 4.79 Å². The van der Waals surface area contributed by atoms with E-state index in [2.05, 4.69) is 61.5 Å². The summed E-state index contributed by atoms with van der Waals surface area (Å²) < 4.78 is 0. The number of hydrogen-bond donors (Lipinski definition) is 1. The van der Waals surface area contributed by atoms with Crippen molar-refractivity contribution in [1.82, 2.24) is 4.90 Å². The zero-order valence-electron chi connectivity index (χ0n) is 25.2. The third-order valence-electron chi connectivity index (χ3n) is 11.6. The quantitative estimate of drug-likeness (QED) is 0.201. The molecule has 0 aromatic heterocycles. The van der Waals surface area contributed by atoms with Crippen LogP contribution in [0.3, 0.4) is 0 Å². The third-order valence-corrected chi connectivity index (χ3v) is 11.8. The number of amides is 1. The fourth-order valence-electron chi connectivity index (χ4n) is 9.98. The second-order valence-electron chi connectivity index (χ2n) is 15.7. The maximum absolute atomic E-state index is 12.9. The molecule has 0 aliphatic heterocycles. The molecular formula is C33H56ClNO2. The first-order chi connectivity index (χ1) is 17.2. The minimum atomic E-state index is -0.393. The standard InChI is InChI=1S/C33H56ClNO2/c1-21(2)10-9-11-22(3)26-14-15-27-25-13-12-23-18-24(36)19-29(35(30(34)37)20-31(4,5)6)33(23,8)28(25)16-17-32(26,27)7/h12,21-22,24-29,36H,9-11,13-20H2,1-8H3/t22-,24-,25+,26-,27+,28+,29?,32-,33+/m1/s1. The lowest BCUT2D eigenvalue weighted by Crippen LogP contribution is -2.61. The summed E-state index contributed by atoms with van der Waals surface area (Å²) in [7, 11) is 0. The van der Waals surface area contributed by atoms with E-state index in [0.717, 1.165) is 36.5 Å². The average Bonchev–Trinajstić information content (AvgIpc) is 3.14. The minimum absolute atomic E-state index is 0.0314. The van der Waals surface area contributed by atoms with Crippen LogP contribution in [0, 0.1) is 51.8 Å². The average molecular weight is 534 g/mol. The molecule has 37 heavy (non-hydrogen) atoms. The number of allylic oxidation sites excluding steroid dienone is 1. The number of carbonyl (C=O) groups excluding carboxylic acids is 1. The van der Waals surface area contributed by atoms with Crippen molar-refractivity contribution in [2.45, 2.75) is 132 Å². The van der Waals surface area contributed by atoms with Crippen LogP contribution in [-0.4, -0.2) is 34.1 Å². The minimum Gasteiger partial charge on any atom is -0.393 e. The van der Waals surface area contributed by atoms with Crippen molar-refractivity contribution in [3.05, 3.63) is 11.6 Å². The van der Waals surface area contributed by atoms with Crippen molar-refractivity contribution >= 4 is 17.0 Å². The van der Waals surface area contributed by atoms with E-state index in [1.165, 1.54) is 50.5 Å². The van der Waals surface area contributed by atoms with E-state index >= 15 is 0 Å². The van der Waals surface area contributed by atoms with Gasteiger partial charge >= 0.3 is 5.37 Å². The Kier molecular flexibility index (Phi) is 8.59. The number of rotatable bonds is 7. The van der Waals surface area contributed by atoms with Gasteiger partial charge in [-0.05, 0) is 103 Å². The number of halogens is 1. The summed E-state index contributed by atoms with van der Waals surface area (Å²) in [6, 6.07) is -0.0314. The number of aliphatic hydroxyl groups excluding tert-OH is 1. The van der Waals surface area contributed by atoms with Crippen LogP contribution in [0.25, 0.3) is 0 Å². The van der Waals surface area contributed by atoms with Crippen LogP contribution in [0.15, 0.2) is 11.6 Å². The largest absolute Gasteiger partial charge is 0.393 e. The van der Waals surface area contributed by atoms with Gasteiger partial charge in [-0.2, -0.15) is 0 Å². The van der Waals surface area contributed by atoms with Gasteiger partial charge in [0.05, 0.1) is 6.10 Å². The molecule has 4 aliphatic rings. The van der Waals surface area contributed by atoms with Crippen LogP contribution in [0.4, 0.5) is 4.79 Å². The van der Waals surface area contributed by atoms with Crippen LogP contribution in [0.5, 0.6) is 0 Å². The number of nitrogens with zero attached hydrogens (tertiary/aromatic N) is 1. The molecule has 212 valence electrons. The van der Waals surface area contributed by atoms with E-state index in [1.54, 1.807) is 0 Å². The molecule has 4 rings (SSSR count). The van der Waals surface area contributed by atoms with Crippen molar-refractivity contribution < 1.29 is 9.90 Å². The lowest BCUT2D eigenvalue weighted by molar-refractivity contribution is -0.0856. The van der Waals surface area contributed by atoms with Crippen molar-refractivity contribution in [1.29, 1.82) is 0 Å². The highest BCUT2D eigenvalue weighted by atomic mass is 35.5. The Labute approximate surface area is 233 Å². The second kappa shape index (κ2) is 10.8. The lowest BCUT2D eigenvalue weighted by atomic mass is 9.45. The predicted octanol–water partition coefficient (Wildman–Crippen LogP) is 9.07. The van der Waals surface area contributed by atoms with Gasteiger partial charge in [0.25, 0.3) is 0 Å². The first kappa shape index (κ1) is 29.4. The summed E-state index contributed by atoms with van der Waals surface area (Å²) in [5, 5.41) is 10.6. The van der Waals surface area contributed by atoms with Gasteiger partial charge in [0.1, 0.15) is 0 Å². The number of aliphatic hydroxyl groups is 1. The highest BCUT2D eigenvalue weighted by Gasteiger charge is 2.62. The van der Waals surface area contributed by atoms with Crippen molar-refractivity contribution in [2.24, 2.45) is 51.8 Å². The summed E-state index contributed by atoms with van der Waals surface area (Å²) in [6.45, 7) is 19.5. The van der Waals surface area contributed by atoms with Crippen LogP contribution in [0.2, 0.25) is 0 Å². The highest BCUT2D eigenvalue weighted by Crippen LogP contribution is 2.67. The Balaban J connectivity index is 1.61. The van der Waals surface area contributed by atoms with Crippen molar-refractivity contribution in [3.8, 4) is 0 Å². The van der Waals surface area contributed by atoms with Gasteiger partial charge in [0.2, 0.25) is 0 Å². The highest BCUT2D eigenvalue weighted by molar-refractivity contribution is 6.62. The number of fused-ring (bicyclic) bond motifs is 5. The maximum Gasteiger partial charge on any atom is 0.316 e. The molecule has 0 spiro atoms. The van der Waals surface area contributed by atoms with E-state index in [1.807, 2.05) is 4.90 Å². The molecule has 0 aromatic carbocycles. The van der Waals surface area contributed by atoms with Crippen LogP contribution in [-0.2, 0) is 0 Å². The van der Waals surface area contributed by atoms with Gasteiger partial charge in [0.15, 0.2) is 0 Å². The van der Waals surface area contributed by atoms with Crippen LogP contribution in [0.1, 0.15) is 120 Å². The van der Waals surface area contributed by atoms with Gasteiger partial charge in [-0.25, -0.2) is 0 Å². The molecule has 9 atom stereocenters. The maximum atomic E-state index is 12.9. The van der Waals surface area contributed by atoms with Crippen molar-refractivity contribution in [2.75, 3.05) is 6.54 Å². The normalized spacial score (nSPS) is 40.5. The van der Waals surface area contributed by atoms with Crippen LogP contribution < -0.4 is 0 Å². The van der Waals surface area contributed by atoms with E-state index in [-0.39, 0.29) is 22.2 Å². The second-order valence-corrected chi connectivity index (χ2v) is 16.0. The fourth-order valence-corrected chi connectivity index (χ4v) is 10.2. The SMILES string of the molecule is CC(C)CCC[C@@H](C)[C@H]1CC[C@H]2[C@@H]3CC=C4C[C@@H](O)CC(N(CC(C)(C)C)C(=O)Cl)[C@]4(C)[C@H]3CC[C@]12C. The molecule has 0 heterocycles. The lowest BCUT2D eigenvalue weighted by Gasteiger charge is -2.62. The Hall–Kier alpha value is -0.540. The van der Waals surface area contributed by atoms with Crippen LogP contribution >= 0.6 is 11.6 Å². The Bertz CT molecular complexity index is 861. The predicted molar refractivity (Wildman–Crippen MR) is 156 cm³/mol. The molecule has 4 aliphatic carbocycles. The molecule has 1 amide bonds. The third kappa shape index (κ3) is 5.57. The van der Waals surface area contributed by atoms with E-state index in [4.69, 9.17) is 11.6 Å². The molecule has 0 saturated heterocycles. The molecule has 1 N–H and O–H groups in total. The Morgan fingerprint density at radius 2 is 1.84 bits per heavy atom. The molecule has 3 saturated carbocycles. The summed E-state index contributed by atoms with van der Waals surface area (Å²) >= 11 is 6.31. The Morgan fingerprint density at radius 3 is 2.46 bits per heavy atom. The topological polar surface area (TPSA) is 40.5 Å². The molecule has 4 heteroatoms. The summed E-state index contributed by atoms with van der Waals surface area (Å²) in [6.07, 6.45) is 14.1. The summed E-state index contributed by atoms with van der Waals surface area (Å²) in [5.41, 5.74) is 1.70. The summed E-state index contributed by atoms with van der Waals surface area (Å²) in [5.74, 6) is 4.47. The zero-order valence-corrected chi connectivity index (χ0v) is 25.9. The monoisotopic (exact) mass is 533 g/mol. The molecule has 3 nitrogen and oxygen atoms in total. The summed E-state index contributed by atoms with van der Waals surface area (Å²) in [4.78, 5) is 14.8. The molecule has 3 fully saturated rings. The van der Waals surface area contributed by atoms with Gasteiger partial charge in [0, 0.05) is 18.0 Å². The fraction of sp³-hybridized carbons (Fsp3) is 0.909. The van der Waals surface area contributed by atoms with E-state index < -0.39 is 6.10 Å². The van der Waals surface area contributed by atoms with Gasteiger partial charge in [-0.1, -0.05) is 86.3 Å². The van der Waals surface area contributed by atoms with Crippen molar-refractivity contribution in [3.63, 3.8) is 0 Å². The molecule has 0 aromatic rings. The Morgan fingerprint density at radius 1 is 1.14 bits per heavy atom. The first-order valence-electron chi connectivity index (χ1n) is 15.5. The molecular weight excluding hydrogens is 478 g/mol.